The Bertz CT molecular complexity index is 394. The molecule has 0 radical (unpaired) electrons. The second kappa shape index (κ2) is 5.04. The molecule has 2 nitrogen and oxygen atoms in total. The van der Waals surface area contributed by atoms with Gasteiger partial charge in [0.2, 0.25) is 8.32 Å². The van der Waals surface area contributed by atoms with E-state index in [0.717, 1.165) is 6.42 Å². The lowest BCUT2D eigenvalue weighted by Crippen LogP contribution is -2.25. The third-order valence-corrected chi connectivity index (χ3v) is 3.75. The van der Waals surface area contributed by atoms with Crippen molar-refractivity contribution < 1.29 is 4.43 Å². The summed E-state index contributed by atoms with van der Waals surface area (Å²) in [6.07, 6.45) is 9.63. The van der Waals surface area contributed by atoms with Gasteiger partial charge in [0.05, 0.1) is 5.76 Å². The number of hydrogen-bond acceptors (Lipinski definition) is 2. The van der Waals surface area contributed by atoms with Crippen LogP contribution in [0.25, 0.3) is 0 Å². The van der Waals surface area contributed by atoms with Gasteiger partial charge in [0.15, 0.2) is 0 Å². The smallest absolute Gasteiger partial charge is 0.241 e. The van der Waals surface area contributed by atoms with Crippen LogP contribution in [0.3, 0.4) is 0 Å². The molecule has 0 spiro atoms. The Morgan fingerprint density at radius 2 is 2.18 bits per heavy atom. The molecule has 3 heteroatoms. The van der Waals surface area contributed by atoms with E-state index in [0.29, 0.717) is 5.92 Å². The van der Waals surface area contributed by atoms with Crippen LogP contribution >= 0.6 is 0 Å². The van der Waals surface area contributed by atoms with Crippen LogP contribution in [0.15, 0.2) is 36.4 Å². The van der Waals surface area contributed by atoms with Crippen molar-refractivity contribution in [2.24, 2.45) is 0 Å². The second-order valence-electron chi connectivity index (χ2n) is 5.63. The zero-order valence-electron chi connectivity index (χ0n) is 10.9. The van der Waals surface area contributed by atoms with E-state index in [1.165, 1.54) is 24.2 Å². The van der Waals surface area contributed by atoms with Crippen molar-refractivity contribution in [3.8, 4) is 0 Å². The SMILES string of the molecule is C[Si](C)(C)OC1=CC(c2cccnc2)CCC1. The van der Waals surface area contributed by atoms with Crippen molar-refractivity contribution in [1.29, 1.82) is 0 Å². The molecule has 0 saturated carbocycles. The van der Waals surface area contributed by atoms with E-state index in [4.69, 9.17) is 4.43 Å². The maximum absolute atomic E-state index is 6.11. The van der Waals surface area contributed by atoms with Crippen LogP contribution in [0.2, 0.25) is 19.6 Å². The zero-order valence-corrected chi connectivity index (χ0v) is 11.9. The molecule has 0 aliphatic heterocycles. The summed E-state index contributed by atoms with van der Waals surface area (Å²) in [5.41, 5.74) is 1.31. The van der Waals surface area contributed by atoms with Gasteiger partial charge >= 0.3 is 0 Å². The van der Waals surface area contributed by atoms with E-state index >= 15 is 0 Å². The van der Waals surface area contributed by atoms with E-state index in [-0.39, 0.29) is 0 Å². The number of aromatic nitrogens is 1. The summed E-state index contributed by atoms with van der Waals surface area (Å²) in [6, 6.07) is 4.17. The van der Waals surface area contributed by atoms with Crippen molar-refractivity contribution in [3.63, 3.8) is 0 Å². The first-order chi connectivity index (χ1) is 8.04. The molecule has 1 aliphatic carbocycles. The molecule has 0 fully saturated rings. The van der Waals surface area contributed by atoms with Crippen molar-refractivity contribution in [2.45, 2.75) is 44.8 Å². The van der Waals surface area contributed by atoms with Gasteiger partial charge in [0.25, 0.3) is 0 Å². The van der Waals surface area contributed by atoms with Gasteiger partial charge in [-0.1, -0.05) is 6.07 Å². The minimum atomic E-state index is -1.46. The average molecular weight is 247 g/mol. The first kappa shape index (κ1) is 12.4. The zero-order chi connectivity index (χ0) is 12.3. The fourth-order valence-electron chi connectivity index (χ4n) is 2.22. The summed E-state index contributed by atoms with van der Waals surface area (Å²) in [4.78, 5) is 4.20. The van der Waals surface area contributed by atoms with E-state index < -0.39 is 8.32 Å². The highest BCUT2D eigenvalue weighted by molar-refractivity contribution is 6.70. The van der Waals surface area contributed by atoms with Crippen LogP contribution in [-0.4, -0.2) is 13.3 Å². The summed E-state index contributed by atoms with van der Waals surface area (Å²) in [7, 11) is -1.46. The average Bonchev–Trinajstić information content (AvgIpc) is 2.28. The Kier molecular flexibility index (Phi) is 3.67. The van der Waals surface area contributed by atoms with Gasteiger partial charge in [-0.15, -0.1) is 0 Å². The van der Waals surface area contributed by atoms with Crippen molar-refractivity contribution in [1.82, 2.24) is 4.98 Å². The van der Waals surface area contributed by atoms with Crippen molar-refractivity contribution in [2.75, 3.05) is 0 Å². The molecule has 0 aromatic carbocycles. The number of pyridine rings is 1. The van der Waals surface area contributed by atoms with Crippen molar-refractivity contribution >= 4 is 8.32 Å². The van der Waals surface area contributed by atoms with Crippen LogP contribution in [0.4, 0.5) is 0 Å². The normalized spacial score (nSPS) is 20.9. The molecule has 1 atom stereocenters. The van der Waals surface area contributed by atoms with E-state index in [1.807, 2.05) is 18.5 Å². The molecular weight excluding hydrogens is 226 g/mol. The third-order valence-electron chi connectivity index (χ3n) is 2.88. The van der Waals surface area contributed by atoms with Gasteiger partial charge in [0, 0.05) is 24.7 Å². The monoisotopic (exact) mass is 247 g/mol. The molecule has 1 aromatic heterocycles. The van der Waals surface area contributed by atoms with Gasteiger partial charge in [-0.25, -0.2) is 0 Å². The molecule has 2 rings (SSSR count). The lowest BCUT2D eigenvalue weighted by atomic mass is 9.89. The topological polar surface area (TPSA) is 22.1 Å². The number of allylic oxidation sites excluding steroid dienone is 2. The first-order valence-electron chi connectivity index (χ1n) is 6.34. The Morgan fingerprint density at radius 3 is 2.82 bits per heavy atom. The van der Waals surface area contributed by atoms with Gasteiger partial charge in [-0.2, -0.15) is 0 Å². The molecule has 0 N–H and O–H groups in total. The third kappa shape index (κ3) is 3.70. The molecule has 92 valence electrons. The predicted molar refractivity (Wildman–Crippen MR) is 73.3 cm³/mol. The molecule has 17 heavy (non-hydrogen) atoms. The summed E-state index contributed by atoms with van der Waals surface area (Å²) < 4.78 is 6.11. The highest BCUT2D eigenvalue weighted by Gasteiger charge is 2.22. The van der Waals surface area contributed by atoms with E-state index in [2.05, 4.69) is 36.8 Å². The number of hydrogen-bond donors (Lipinski definition) is 0. The maximum atomic E-state index is 6.11. The van der Waals surface area contributed by atoms with Crippen molar-refractivity contribution in [3.05, 3.63) is 41.9 Å². The van der Waals surface area contributed by atoms with Gasteiger partial charge in [-0.05, 0) is 50.2 Å². The molecule has 0 saturated heterocycles. The molecule has 1 aromatic rings. The van der Waals surface area contributed by atoms with Crippen LogP contribution < -0.4 is 0 Å². The van der Waals surface area contributed by atoms with Gasteiger partial charge < -0.3 is 4.43 Å². The molecule has 1 heterocycles. The highest BCUT2D eigenvalue weighted by atomic mass is 28.4. The fraction of sp³-hybridized carbons (Fsp3) is 0.500. The maximum Gasteiger partial charge on any atom is 0.241 e. The predicted octanol–water partition coefficient (Wildman–Crippen LogP) is 4.08. The Morgan fingerprint density at radius 1 is 1.35 bits per heavy atom. The molecule has 1 unspecified atom stereocenters. The lowest BCUT2D eigenvalue weighted by Gasteiger charge is -2.27. The molecule has 0 bridgehead atoms. The summed E-state index contributed by atoms with van der Waals surface area (Å²) in [6.45, 7) is 6.71. The van der Waals surface area contributed by atoms with Gasteiger partial charge in [0.1, 0.15) is 0 Å². The summed E-state index contributed by atoms with van der Waals surface area (Å²) >= 11 is 0. The quantitative estimate of drug-likeness (QED) is 0.751. The Balaban J connectivity index is 2.13. The van der Waals surface area contributed by atoms with Crippen LogP contribution in [-0.2, 0) is 4.43 Å². The highest BCUT2D eigenvalue weighted by Crippen LogP contribution is 2.32. The van der Waals surface area contributed by atoms with E-state index in [1.54, 1.807) is 0 Å². The first-order valence-corrected chi connectivity index (χ1v) is 9.75. The molecule has 1 aliphatic rings. The molecular formula is C14H21NOSi. The van der Waals surface area contributed by atoms with Gasteiger partial charge in [-0.3, -0.25) is 4.98 Å². The molecule has 0 amide bonds. The second-order valence-corrected chi connectivity index (χ2v) is 10.1. The minimum Gasteiger partial charge on any atom is -0.548 e. The lowest BCUT2D eigenvalue weighted by molar-refractivity contribution is 0.373. The fourth-order valence-corrected chi connectivity index (χ4v) is 3.18. The Hall–Kier alpha value is -1.09. The standard InChI is InChI=1S/C14H21NOSi/c1-17(2,3)16-14-8-4-6-12(10-14)13-7-5-9-15-11-13/h5,7,9-12H,4,6,8H2,1-3H3. The summed E-state index contributed by atoms with van der Waals surface area (Å²) in [5.74, 6) is 1.69. The summed E-state index contributed by atoms with van der Waals surface area (Å²) in [5, 5.41) is 0. The van der Waals surface area contributed by atoms with Crippen LogP contribution in [0.5, 0.6) is 0 Å². The largest absolute Gasteiger partial charge is 0.548 e. The van der Waals surface area contributed by atoms with Crippen LogP contribution in [0.1, 0.15) is 30.7 Å². The van der Waals surface area contributed by atoms with E-state index in [9.17, 15) is 0 Å². The van der Waals surface area contributed by atoms with Crippen LogP contribution in [0, 0.1) is 0 Å². The minimum absolute atomic E-state index is 0.490. The number of nitrogens with zero attached hydrogens (tertiary/aromatic N) is 1. The number of rotatable bonds is 3. The Labute approximate surface area is 105 Å².